The number of aromatic hydroxyl groups is 1. The van der Waals surface area contributed by atoms with Crippen molar-refractivity contribution in [2.24, 2.45) is 0 Å². The molecule has 0 aromatic heterocycles. The maximum Gasteiger partial charge on any atom is 0.509 e. The molecule has 0 bridgehead atoms. The molecule has 0 spiro atoms. The van der Waals surface area contributed by atoms with Gasteiger partial charge >= 0.3 is 6.16 Å². The van der Waals surface area contributed by atoms with Gasteiger partial charge in [0.05, 0.1) is 0 Å². The van der Waals surface area contributed by atoms with Crippen LogP contribution in [-0.2, 0) is 11.2 Å². The predicted molar refractivity (Wildman–Crippen MR) is 54.6 cm³/mol. The van der Waals surface area contributed by atoms with Gasteiger partial charge in [-0.05, 0) is 30.2 Å². The Morgan fingerprint density at radius 1 is 1.56 bits per heavy atom. The fourth-order valence-corrected chi connectivity index (χ4v) is 1.76. The van der Waals surface area contributed by atoms with Crippen LogP contribution < -0.4 is 4.74 Å². The van der Waals surface area contributed by atoms with Crippen LogP contribution in [0.3, 0.4) is 0 Å². The molecule has 0 amide bonds. The number of hydrogen-bond donors (Lipinski definition) is 2. The minimum Gasteiger partial charge on any atom is -0.508 e. The number of carboxylic acid groups (broad SMARTS) is 1. The molecule has 2 N–H and O–H groups in total. The Morgan fingerprint density at radius 3 is 3.00 bits per heavy atom. The Kier molecular flexibility index (Phi) is 2.38. The first-order valence-corrected chi connectivity index (χ1v) is 4.91. The number of benzene rings is 1. The first-order valence-electron chi connectivity index (χ1n) is 4.91. The Labute approximate surface area is 92.2 Å². The second-order valence-electron chi connectivity index (χ2n) is 3.90. The van der Waals surface area contributed by atoms with Gasteiger partial charge in [-0.3, -0.25) is 0 Å². The first kappa shape index (κ1) is 10.6. The molecule has 0 radical (unpaired) electrons. The van der Waals surface area contributed by atoms with Crippen LogP contribution >= 0.6 is 0 Å². The third kappa shape index (κ3) is 2.03. The van der Waals surface area contributed by atoms with Gasteiger partial charge in [-0.2, -0.15) is 0 Å². The van der Waals surface area contributed by atoms with Crippen LogP contribution in [0.4, 0.5) is 4.79 Å². The van der Waals surface area contributed by atoms with E-state index in [1.807, 2.05) is 0 Å². The van der Waals surface area contributed by atoms with Gasteiger partial charge in [0.15, 0.2) is 0 Å². The van der Waals surface area contributed by atoms with Crippen molar-refractivity contribution in [3.63, 3.8) is 0 Å². The molecule has 1 atom stereocenters. The Balaban J connectivity index is 2.23. The third-order valence-electron chi connectivity index (χ3n) is 2.52. The highest BCUT2D eigenvalue weighted by atomic mass is 16.8. The van der Waals surface area contributed by atoms with E-state index in [1.54, 1.807) is 19.1 Å². The maximum atomic E-state index is 10.5. The fraction of sp³-hybridized carbons (Fsp3) is 0.364. The summed E-state index contributed by atoms with van der Waals surface area (Å²) in [5.41, 5.74) is 0.853. The number of phenols is 1. The molecule has 0 fully saturated rings. The molecule has 0 saturated heterocycles. The number of phenolic OH excluding ortho intramolecular Hbond substituents is 1. The summed E-state index contributed by atoms with van der Waals surface area (Å²) in [4.78, 5) is 10.5. The molecule has 86 valence electrons. The van der Waals surface area contributed by atoms with E-state index in [1.165, 1.54) is 6.07 Å². The summed E-state index contributed by atoms with van der Waals surface area (Å²) in [6.45, 7) is 1.58. The van der Waals surface area contributed by atoms with E-state index in [0.29, 0.717) is 18.6 Å². The maximum absolute atomic E-state index is 10.5. The largest absolute Gasteiger partial charge is 0.509 e. The van der Waals surface area contributed by atoms with Crippen LogP contribution in [0.1, 0.15) is 18.9 Å². The lowest BCUT2D eigenvalue weighted by Crippen LogP contribution is -2.40. The molecule has 16 heavy (non-hydrogen) atoms. The SMILES string of the molecule is CC1(OC(=O)O)CCc2cc(O)ccc2O1. The topological polar surface area (TPSA) is 76.0 Å². The summed E-state index contributed by atoms with van der Waals surface area (Å²) in [6, 6.07) is 4.70. The van der Waals surface area contributed by atoms with E-state index < -0.39 is 11.9 Å². The van der Waals surface area contributed by atoms with Crippen molar-refractivity contribution in [2.75, 3.05) is 0 Å². The first-order chi connectivity index (χ1) is 7.48. The molecule has 2 rings (SSSR count). The van der Waals surface area contributed by atoms with Crippen molar-refractivity contribution < 1.29 is 24.5 Å². The van der Waals surface area contributed by atoms with Crippen molar-refractivity contribution in [1.82, 2.24) is 0 Å². The Bertz CT molecular complexity index is 428. The fourth-order valence-electron chi connectivity index (χ4n) is 1.76. The molecule has 5 heteroatoms. The zero-order valence-electron chi connectivity index (χ0n) is 8.77. The minimum absolute atomic E-state index is 0.171. The van der Waals surface area contributed by atoms with Gasteiger partial charge in [-0.1, -0.05) is 0 Å². The molecule has 5 nitrogen and oxygen atoms in total. The van der Waals surface area contributed by atoms with Crippen LogP contribution in [0.5, 0.6) is 11.5 Å². The molecule has 1 heterocycles. The lowest BCUT2D eigenvalue weighted by atomic mass is 10.0. The van der Waals surface area contributed by atoms with Gasteiger partial charge in [0, 0.05) is 13.3 Å². The van der Waals surface area contributed by atoms with E-state index >= 15 is 0 Å². The smallest absolute Gasteiger partial charge is 0.508 e. The number of aryl methyl sites for hydroxylation is 1. The second-order valence-corrected chi connectivity index (χ2v) is 3.90. The minimum atomic E-state index is -1.36. The molecular weight excluding hydrogens is 212 g/mol. The summed E-state index contributed by atoms with van der Waals surface area (Å²) in [5, 5.41) is 17.9. The monoisotopic (exact) mass is 224 g/mol. The van der Waals surface area contributed by atoms with Crippen LogP contribution in [-0.4, -0.2) is 22.2 Å². The second kappa shape index (κ2) is 3.59. The summed E-state index contributed by atoms with van der Waals surface area (Å²) >= 11 is 0. The predicted octanol–water partition coefficient (Wildman–Crippen LogP) is 2.13. The van der Waals surface area contributed by atoms with Gasteiger partial charge in [0.25, 0.3) is 5.79 Å². The highest BCUT2D eigenvalue weighted by molar-refractivity contribution is 5.57. The van der Waals surface area contributed by atoms with Crippen molar-refractivity contribution in [3.05, 3.63) is 23.8 Å². The van der Waals surface area contributed by atoms with E-state index in [2.05, 4.69) is 0 Å². The van der Waals surface area contributed by atoms with E-state index in [9.17, 15) is 9.90 Å². The Hall–Kier alpha value is -1.91. The normalized spacial score (nSPS) is 23.1. The van der Waals surface area contributed by atoms with Crippen molar-refractivity contribution in [3.8, 4) is 11.5 Å². The molecular formula is C11H12O5. The van der Waals surface area contributed by atoms with Gasteiger partial charge in [0.2, 0.25) is 0 Å². The molecule has 0 saturated carbocycles. The van der Waals surface area contributed by atoms with E-state index in [4.69, 9.17) is 14.6 Å². The summed E-state index contributed by atoms with van der Waals surface area (Å²) in [5.74, 6) is -0.423. The van der Waals surface area contributed by atoms with Crippen LogP contribution in [0.15, 0.2) is 18.2 Å². The van der Waals surface area contributed by atoms with E-state index in [0.717, 1.165) is 5.56 Å². The number of ether oxygens (including phenoxy) is 2. The van der Waals surface area contributed by atoms with Gasteiger partial charge < -0.3 is 19.7 Å². The number of rotatable bonds is 1. The van der Waals surface area contributed by atoms with Crippen molar-refractivity contribution in [2.45, 2.75) is 25.6 Å². The average molecular weight is 224 g/mol. The van der Waals surface area contributed by atoms with Crippen molar-refractivity contribution in [1.29, 1.82) is 0 Å². The molecule has 1 aromatic carbocycles. The molecule has 1 aliphatic heterocycles. The van der Waals surface area contributed by atoms with E-state index in [-0.39, 0.29) is 5.75 Å². The Morgan fingerprint density at radius 2 is 2.31 bits per heavy atom. The standard InChI is InChI=1S/C11H12O5/c1-11(16-10(13)14)5-4-7-6-8(12)2-3-9(7)15-11/h2-3,6,12H,4-5H2,1H3,(H,13,14). The van der Waals surface area contributed by atoms with Crippen molar-refractivity contribution >= 4 is 6.16 Å². The molecule has 0 aliphatic carbocycles. The number of hydrogen-bond acceptors (Lipinski definition) is 4. The third-order valence-corrected chi connectivity index (χ3v) is 2.52. The number of carbonyl (C=O) groups is 1. The lowest BCUT2D eigenvalue weighted by molar-refractivity contribution is -0.149. The number of fused-ring (bicyclic) bond motifs is 1. The van der Waals surface area contributed by atoms with Gasteiger partial charge in [0.1, 0.15) is 11.5 Å². The lowest BCUT2D eigenvalue weighted by Gasteiger charge is -2.33. The highest BCUT2D eigenvalue weighted by Gasteiger charge is 2.35. The van der Waals surface area contributed by atoms with Crippen LogP contribution in [0, 0.1) is 0 Å². The highest BCUT2D eigenvalue weighted by Crippen LogP contribution is 2.35. The zero-order chi connectivity index (χ0) is 11.8. The zero-order valence-corrected chi connectivity index (χ0v) is 8.77. The summed E-state index contributed by atoms with van der Waals surface area (Å²) in [6.07, 6.45) is -0.326. The van der Waals surface area contributed by atoms with Crippen LogP contribution in [0.2, 0.25) is 0 Å². The molecule has 1 aliphatic rings. The average Bonchev–Trinajstić information content (AvgIpc) is 2.17. The summed E-state index contributed by atoms with van der Waals surface area (Å²) < 4.78 is 10.2. The molecule has 1 unspecified atom stereocenters. The summed E-state index contributed by atoms with van der Waals surface area (Å²) in [7, 11) is 0. The van der Waals surface area contributed by atoms with Gasteiger partial charge in [-0.15, -0.1) is 0 Å². The molecule has 1 aromatic rings. The van der Waals surface area contributed by atoms with Gasteiger partial charge in [-0.25, -0.2) is 4.79 Å². The van der Waals surface area contributed by atoms with Crippen LogP contribution in [0.25, 0.3) is 0 Å². The quantitative estimate of drug-likeness (QED) is 0.714.